The maximum Gasteiger partial charge on any atom is 0.154 e. The monoisotopic (exact) mass is 302 g/mol. The molecule has 6 N–H and O–H groups in total. The van der Waals surface area contributed by atoms with Gasteiger partial charge in [0.05, 0.1) is 35.2 Å². The number of hydrogen-bond acceptors (Lipinski definition) is 8. The van der Waals surface area contributed by atoms with E-state index in [2.05, 4.69) is 0 Å². The van der Waals surface area contributed by atoms with Crippen LogP contribution < -0.4 is 11.5 Å². The molecule has 0 saturated carbocycles. The Bertz CT molecular complexity index is 410. The summed E-state index contributed by atoms with van der Waals surface area (Å²) in [7, 11) is -6.04. The molecule has 8 nitrogen and oxygen atoms in total. The van der Waals surface area contributed by atoms with Crippen LogP contribution in [0.3, 0.4) is 0 Å². The predicted octanol–water partition coefficient (Wildman–Crippen LogP) is -3.79. The van der Waals surface area contributed by atoms with E-state index in [1.54, 1.807) is 0 Å². The zero-order valence-corrected chi connectivity index (χ0v) is 11.3. The third-order valence-corrected chi connectivity index (χ3v) is 6.21. The lowest BCUT2D eigenvalue weighted by Crippen LogP contribution is -2.32. The van der Waals surface area contributed by atoms with Crippen LogP contribution in [-0.2, 0) is 19.7 Å². The molecule has 4 atom stereocenters. The van der Waals surface area contributed by atoms with Gasteiger partial charge in [0.15, 0.2) is 19.7 Å². The average molecular weight is 302 g/mol. The Balaban J connectivity index is 0.000000180. The van der Waals surface area contributed by atoms with Crippen molar-refractivity contribution < 1.29 is 27.0 Å². The highest BCUT2D eigenvalue weighted by Crippen LogP contribution is 2.10. The fourth-order valence-corrected chi connectivity index (χ4v) is 5.14. The quantitative estimate of drug-likeness (QED) is 0.354. The largest absolute Gasteiger partial charge is 0.390 e. The van der Waals surface area contributed by atoms with Gasteiger partial charge in [0.2, 0.25) is 0 Å². The van der Waals surface area contributed by atoms with E-state index in [1.807, 2.05) is 0 Å². The van der Waals surface area contributed by atoms with Crippen molar-refractivity contribution in [3.63, 3.8) is 0 Å². The Labute approximate surface area is 106 Å². The van der Waals surface area contributed by atoms with E-state index in [-0.39, 0.29) is 23.0 Å². The SMILES string of the molecule is NC1CS(=O)(=O)CC1O.NC1CS(=O)(=O)CC1O. The maximum atomic E-state index is 10.6. The minimum Gasteiger partial charge on any atom is -0.390 e. The second kappa shape index (κ2) is 5.39. The fourth-order valence-electron chi connectivity index (χ4n) is 1.71. The molecule has 0 spiro atoms. The van der Waals surface area contributed by atoms with Crippen molar-refractivity contribution in [3.8, 4) is 0 Å². The Morgan fingerprint density at radius 2 is 1.00 bits per heavy atom. The number of nitrogens with two attached hydrogens (primary N) is 2. The lowest BCUT2D eigenvalue weighted by molar-refractivity contribution is 0.183. The Kier molecular flexibility index (Phi) is 4.73. The number of rotatable bonds is 0. The molecule has 0 aliphatic carbocycles. The van der Waals surface area contributed by atoms with Gasteiger partial charge in [0.25, 0.3) is 0 Å². The molecule has 0 aromatic rings. The molecule has 0 amide bonds. The van der Waals surface area contributed by atoms with Crippen molar-refractivity contribution in [1.82, 2.24) is 0 Å². The van der Waals surface area contributed by atoms with Crippen LogP contribution >= 0.6 is 0 Å². The first-order chi connectivity index (χ1) is 8.02. The van der Waals surface area contributed by atoms with Crippen molar-refractivity contribution in [3.05, 3.63) is 0 Å². The first-order valence-corrected chi connectivity index (χ1v) is 8.95. The van der Waals surface area contributed by atoms with Crippen LogP contribution in [0.25, 0.3) is 0 Å². The molecule has 0 radical (unpaired) electrons. The molecule has 4 unspecified atom stereocenters. The first-order valence-electron chi connectivity index (χ1n) is 5.30. The normalized spacial score (nSPS) is 41.1. The van der Waals surface area contributed by atoms with Gasteiger partial charge in [-0.1, -0.05) is 0 Å². The van der Waals surface area contributed by atoms with Gasteiger partial charge in [-0.15, -0.1) is 0 Å². The van der Waals surface area contributed by atoms with E-state index in [0.29, 0.717) is 0 Å². The van der Waals surface area contributed by atoms with Crippen LogP contribution in [0, 0.1) is 0 Å². The molecule has 2 saturated heterocycles. The molecule has 2 heterocycles. The van der Waals surface area contributed by atoms with Gasteiger partial charge < -0.3 is 21.7 Å². The molecule has 10 heteroatoms. The van der Waals surface area contributed by atoms with Crippen molar-refractivity contribution in [1.29, 1.82) is 0 Å². The highest BCUT2D eigenvalue weighted by atomic mass is 32.2. The van der Waals surface area contributed by atoms with Gasteiger partial charge in [-0.3, -0.25) is 0 Å². The molecular weight excluding hydrogens is 284 g/mol. The van der Waals surface area contributed by atoms with Crippen molar-refractivity contribution >= 4 is 19.7 Å². The molecular formula is C8H18N2O6S2. The average Bonchev–Trinajstić information content (AvgIpc) is 2.49. The van der Waals surface area contributed by atoms with Gasteiger partial charge in [-0.05, 0) is 0 Å². The second-order valence-electron chi connectivity index (χ2n) is 4.62. The smallest absolute Gasteiger partial charge is 0.154 e. The Hall–Kier alpha value is -0.260. The summed E-state index contributed by atoms with van der Waals surface area (Å²) in [5.41, 5.74) is 10.4. The lowest BCUT2D eigenvalue weighted by Gasteiger charge is -2.02. The molecule has 2 rings (SSSR count). The minimum absolute atomic E-state index is 0.0752. The van der Waals surface area contributed by atoms with Crippen LogP contribution in [0.1, 0.15) is 0 Å². The summed E-state index contributed by atoms with van der Waals surface area (Å²) in [6, 6.07) is -1.15. The highest BCUT2D eigenvalue weighted by molar-refractivity contribution is 7.92. The summed E-state index contributed by atoms with van der Waals surface area (Å²) in [6.07, 6.45) is -1.70. The molecule has 2 aliphatic rings. The standard InChI is InChI=1S/2C4H9NO3S/c2*5-3-1-9(7,8)2-4(3)6/h2*3-4,6H,1-2,5H2. The Morgan fingerprint density at radius 1 is 0.722 bits per heavy atom. The van der Waals surface area contributed by atoms with Crippen LogP contribution in [0.15, 0.2) is 0 Å². The fraction of sp³-hybridized carbons (Fsp3) is 1.00. The first kappa shape index (κ1) is 15.8. The molecule has 108 valence electrons. The summed E-state index contributed by atoms with van der Waals surface area (Å²) in [5, 5.41) is 17.7. The maximum absolute atomic E-state index is 10.6. The number of aliphatic hydroxyl groups is 2. The third kappa shape index (κ3) is 4.44. The van der Waals surface area contributed by atoms with E-state index in [9.17, 15) is 16.8 Å². The zero-order valence-electron chi connectivity index (χ0n) is 9.64. The number of sulfone groups is 2. The number of hydrogen-bond donors (Lipinski definition) is 4. The molecule has 2 aliphatic heterocycles. The molecule has 2 fully saturated rings. The van der Waals surface area contributed by atoms with E-state index in [4.69, 9.17) is 21.7 Å². The van der Waals surface area contributed by atoms with Crippen LogP contribution in [0.4, 0.5) is 0 Å². The van der Waals surface area contributed by atoms with Gasteiger partial charge in [0.1, 0.15) is 0 Å². The summed E-state index contributed by atoms with van der Waals surface area (Å²) in [6.45, 7) is 0. The van der Waals surface area contributed by atoms with Crippen LogP contribution in [0.5, 0.6) is 0 Å². The third-order valence-electron chi connectivity index (χ3n) is 2.73. The summed E-state index contributed by atoms with van der Waals surface area (Å²) >= 11 is 0. The van der Waals surface area contributed by atoms with E-state index >= 15 is 0 Å². The topological polar surface area (TPSA) is 161 Å². The highest BCUT2D eigenvalue weighted by Gasteiger charge is 2.34. The van der Waals surface area contributed by atoms with Gasteiger partial charge in [-0.2, -0.15) is 0 Å². The summed E-state index contributed by atoms with van der Waals surface area (Å²) < 4.78 is 42.4. The van der Waals surface area contributed by atoms with E-state index in [1.165, 1.54) is 0 Å². The summed E-state index contributed by atoms with van der Waals surface area (Å²) in [4.78, 5) is 0. The van der Waals surface area contributed by atoms with E-state index in [0.717, 1.165) is 0 Å². The van der Waals surface area contributed by atoms with Gasteiger partial charge in [-0.25, -0.2) is 16.8 Å². The van der Waals surface area contributed by atoms with Gasteiger partial charge >= 0.3 is 0 Å². The Morgan fingerprint density at radius 3 is 1.06 bits per heavy atom. The lowest BCUT2D eigenvalue weighted by atomic mass is 10.2. The minimum atomic E-state index is -3.02. The van der Waals surface area contributed by atoms with Crippen molar-refractivity contribution in [2.45, 2.75) is 24.3 Å². The van der Waals surface area contributed by atoms with Crippen molar-refractivity contribution in [2.75, 3.05) is 23.0 Å². The van der Waals surface area contributed by atoms with E-state index < -0.39 is 44.0 Å². The molecule has 0 aromatic heterocycles. The zero-order chi connectivity index (χ0) is 14.1. The van der Waals surface area contributed by atoms with Crippen molar-refractivity contribution in [2.24, 2.45) is 11.5 Å². The van der Waals surface area contributed by atoms with Gasteiger partial charge in [0, 0.05) is 12.1 Å². The molecule has 0 bridgehead atoms. The second-order valence-corrected chi connectivity index (χ2v) is 8.92. The predicted molar refractivity (Wildman–Crippen MR) is 65.3 cm³/mol. The number of aliphatic hydroxyl groups excluding tert-OH is 2. The molecule has 0 aromatic carbocycles. The van der Waals surface area contributed by atoms with Crippen LogP contribution in [-0.4, -0.2) is 74.4 Å². The molecule has 18 heavy (non-hydrogen) atoms. The summed E-state index contributed by atoms with van der Waals surface area (Å²) in [5.74, 6) is -0.495. The van der Waals surface area contributed by atoms with Crippen LogP contribution in [0.2, 0.25) is 0 Å².